The summed E-state index contributed by atoms with van der Waals surface area (Å²) < 4.78 is 33.7. The fourth-order valence-electron chi connectivity index (χ4n) is 4.41. The summed E-state index contributed by atoms with van der Waals surface area (Å²) in [6.07, 6.45) is 6.77. The normalized spacial score (nSPS) is 22.4. The Hall–Kier alpha value is -2.32. The largest absolute Gasteiger partial charge is 0.492 e. The van der Waals surface area contributed by atoms with Crippen molar-refractivity contribution in [3.8, 4) is 5.75 Å². The van der Waals surface area contributed by atoms with Gasteiger partial charge in [0.15, 0.2) is 0 Å². The zero-order chi connectivity index (χ0) is 22.0. The van der Waals surface area contributed by atoms with Crippen molar-refractivity contribution < 1.29 is 17.9 Å². The van der Waals surface area contributed by atoms with E-state index in [0.29, 0.717) is 38.7 Å². The second kappa shape index (κ2) is 9.04. The molecule has 7 nitrogen and oxygen atoms in total. The highest BCUT2D eigenvalue weighted by molar-refractivity contribution is 7.89. The van der Waals surface area contributed by atoms with Gasteiger partial charge in [-0.2, -0.15) is 4.31 Å². The quantitative estimate of drug-likeness (QED) is 0.712. The molecule has 1 saturated heterocycles. The fraction of sp³-hybridized carbons (Fsp3) is 0.522. The van der Waals surface area contributed by atoms with Crippen LogP contribution in [0.2, 0.25) is 0 Å². The molecule has 168 valence electrons. The molecule has 0 bridgehead atoms. The highest BCUT2D eigenvalue weighted by Crippen LogP contribution is 2.31. The lowest BCUT2D eigenvalue weighted by molar-refractivity contribution is -0.129. The predicted molar refractivity (Wildman–Crippen MR) is 122 cm³/mol. The van der Waals surface area contributed by atoms with E-state index in [1.807, 2.05) is 35.3 Å². The van der Waals surface area contributed by atoms with Crippen LogP contribution >= 0.6 is 0 Å². The van der Waals surface area contributed by atoms with Gasteiger partial charge in [-0.3, -0.25) is 4.79 Å². The van der Waals surface area contributed by atoms with Crippen LogP contribution in [0.3, 0.4) is 0 Å². The standard InChI is InChI=1S/C23H31N3O4S/c1-18-4-3-5-20(14-18)17-31(28,29)26-12-13-30-23-15-22(7-6-21(23)16-26)25-10-8-24(9-11-25)19(2)27/h3-7,15,18H,8-14,16-17H2,1-2H3. The molecule has 1 unspecified atom stereocenters. The fourth-order valence-corrected chi connectivity index (χ4v) is 5.97. The molecular formula is C23H31N3O4S. The monoisotopic (exact) mass is 445 g/mol. The lowest BCUT2D eigenvalue weighted by atomic mass is 9.97. The van der Waals surface area contributed by atoms with E-state index in [0.717, 1.165) is 42.1 Å². The summed E-state index contributed by atoms with van der Waals surface area (Å²) in [4.78, 5) is 15.7. The van der Waals surface area contributed by atoms with E-state index in [2.05, 4.69) is 17.9 Å². The number of fused-ring (bicyclic) bond motifs is 1. The molecule has 8 heteroatoms. The Morgan fingerprint density at radius 1 is 1.16 bits per heavy atom. The van der Waals surface area contributed by atoms with Gasteiger partial charge in [0, 0.05) is 63.5 Å². The Balaban J connectivity index is 1.45. The van der Waals surface area contributed by atoms with Crippen LogP contribution in [0, 0.1) is 5.92 Å². The number of hydrogen-bond donors (Lipinski definition) is 0. The van der Waals surface area contributed by atoms with E-state index in [4.69, 9.17) is 4.74 Å². The molecule has 2 heterocycles. The van der Waals surface area contributed by atoms with Gasteiger partial charge in [-0.25, -0.2) is 8.42 Å². The minimum absolute atomic E-state index is 0.0650. The second-order valence-corrected chi connectivity index (χ2v) is 10.6. The number of anilines is 1. The van der Waals surface area contributed by atoms with Crippen LogP contribution in [0.5, 0.6) is 5.75 Å². The summed E-state index contributed by atoms with van der Waals surface area (Å²) in [5.74, 6) is 1.30. The van der Waals surface area contributed by atoms with Crippen molar-refractivity contribution in [1.82, 2.24) is 9.21 Å². The maximum Gasteiger partial charge on any atom is 0.219 e. The van der Waals surface area contributed by atoms with Gasteiger partial charge in [-0.1, -0.05) is 36.8 Å². The van der Waals surface area contributed by atoms with Crippen molar-refractivity contribution in [2.45, 2.75) is 26.8 Å². The molecule has 0 N–H and O–H groups in total. The molecule has 31 heavy (non-hydrogen) atoms. The summed E-state index contributed by atoms with van der Waals surface area (Å²) in [5.41, 5.74) is 2.89. The number of allylic oxidation sites excluding steroid dienone is 3. The van der Waals surface area contributed by atoms with Crippen LogP contribution in [0.25, 0.3) is 0 Å². The number of nitrogens with zero attached hydrogens (tertiary/aromatic N) is 3. The first-order chi connectivity index (χ1) is 14.8. The Labute approximate surface area is 185 Å². The smallest absolute Gasteiger partial charge is 0.219 e. The number of carbonyl (C=O) groups is 1. The Kier molecular flexibility index (Phi) is 6.39. The van der Waals surface area contributed by atoms with Crippen LogP contribution in [0.1, 0.15) is 25.8 Å². The molecule has 1 atom stereocenters. The van der Waals surface area contributed by atoms with Gasteiger partial charge in [0.25, 0.3) is 0 Å². The summed E-state index contributed by atoms with van der Waals surface area (Å²) >= 11 is 0. The molecule has 1 aromatic carbocycles. The van der Waals surface area contributed by atoms with Crippen molar-refractivity contribution in [2.75, 3.05) is 50.0 Å². The molecule has 0 spiro atoms. The molecule has 3 aliphatic rings. The van der Waals surface area contributed by atoms with Gasteiger partial charge in [0.2, 0.25) is 15.9 Å². The van der Waals surface area contributed by atoms with E-state index >= 15 is 0 Å². The maximum absolute atomic E-state index is 13.1. The van der Waals surface area contributed by atoms with E-state index in [1.54, 1.807) is 11.2 Å². The number of rotatable bonds is 4. The van der Waals surface area contributed by atoms with Gasteiger partial charge in [0.05, 0.1) is 5.75 Å². The zero-order valence-electron chi connectivity index (χ0n) is 18.3. The first-order valence-electron chi connectivity index (χ1n) is 10.9. The van der Waals surface area contributed by atoms with Gasteiger partial charge < -0.3 is 14.5 Å². The SMILES string of the molecule is CC(=O)N1CCN(c2ccc3c(c2)OCCN(S(=O)(=O)CC2=CC=CC(C)C2)C3)CC1. The zero-order valence-corrected chi connectivity index (χ0v) is 19.1. The molecular weight excluding hydrogens is 414 g/mol. The lowest BCUT2D eigenvalue weighted by Gasteiger charge is -2.35. The number of ether oxygens (including phenoxy) is 1. The van der Waals surface area contributed by atoms with E-state index in [9.17, 15) is 13.2 Å². The topological polar surface area (TPSA) is 70.2 Å². The van der Waals surface area contributed by atoms with E-state index < -0.39 is 10.0 Å². The number of amides is 1. The van der Waals surface area contributed by atoms with Gasteiger partial charge >= 0.3 is 0 Å². The summed E-state index contributed by atoms with van der Waals surface area (Å²) in [7, 11) is -3.41. The molecule has 1 aromatic rings. The van der Waals surface area contributed by atoms with Crippen molar-refractivity contribution in [1.29, 1.82) is 0 Å². The minimum Gasteiger partial charge on any atom is -0.492 e. The van der Waals surface area contributed by atoms with Crippen molar-refractivity contribution in [3.63, 3.8) is 0 Å². The predicted octanol–water partition coefficient (Wildman–Crippen LogP) is 2.40. The first kappa shape index (κ1) is 21.9. The molecule has 1 aliphatic carbocycles. The van der Waals surface area contributed by atoms with Crippen LogP contribution in [0.15, 0.2) is 42.0 Å². The Morgan fingerprint density at radius 2 is 1.94 bits per heavy atom. The van der Waals surface area contributed by atoms with Gasteiger partial charge in [0.1, 0.15) is 12.4 Å². The molecule has 0 aromatic heterocycles. The molecule has 0 radical (unpaired) electrons. The average molecular weight is 446 g/mol. The van der Waals surface area contributed by atoms with E-state index in [-0.39, 0.29) is 11.7 Å². The number of sulfonamides is 1. The average Bonchev–Trinajstić information content (AvgIpc) is 2.96. The third-order valence-electron chi connectivity index (χ3n) is 6.20. The molecule has 2 aliphatic heterocycles. The molecule has 0 saturated carbocycles. The summed E-state index contributed by atoms with van der Waals surface area (Å²) in [5, 5.41) is 0. The van der Waals surface area contributed by atoms with Crippen molar-refractivity contribution in [3.05, 3.63) is 47.6 Å². The third-order valence-corrected chi connectivity index (χ3v) is 8.04. The van der Waals surface area contributed by atoms with Crippen LogP contribution in [-0.4, -0.2) is 68.6 Å². The molecule has 4 rings (SSSR count). The third kappa shape index (κ3) is 5.13. The van der Waals surface area contributed by atoms with Gasteiger partial charge in [-0.15, -0.1) is 0 Å². The summed E-state index contributed by atoms with van der Waals surface area (Å²) in [6.45, 7) is 7.70. The van der Waals surface area contributed by atoms with Crippen LogP contribution in [0.4, 0.5) is 5.69 Å². The number of benzene rings is 1. The maximum atomic E-state index is 13.1. The summed E-state index contributed by atoms with van der Waals surface area (Å²) in [6, 6.07) is 6.00. The van der Waals surface area contributed by atoms with Crippen LogP contribution in [-0.2, 0) is 21.4 Å². The number of hydrogen-bond acceptors (Lipinski definition) is 5. The molecule has 1 fully saturated rings. The Bertz CT molecular complexity index is 994. The van der Waals surface area contributed by atoms with Crippen LogP contribution < -0.4 is 9.64 Å². The Morgan fingerprint density at radius 3 is 2.65 bits per heavy atom. The molecule has 1 amide bonds. The highest BCUT2D eigenvalue weighted by Gasteiger charge is 2.28. The van der Waals surface area contributed by atoms with Crippen molar-refractivity contribution >= 4 is 21.6 Å². The lowest BCUT2D eigenvalue weighted by Crippen LogP contribution is -2.48. The minimum atomic E-state index is -3.41. The first-order valence-corrected chi connectivity index (χ1v) is 12.5. The number of piperazine rings is 1. The highest BCUT2D eigenvalue weighted by atomic mass is 32.2. The van der Waals surface area contributed by atoms with E-state index in [1.165, 1.54) is 0 Å². The van der Waals surface area contributed by atoms with Crippen molar-refractivity contribution in [2.24, 2.45) is 5.92 Å². The van der Waals surface area contributed by atoms with Gasteiger partial charge in [-0.05, 0) is 18.4 Å². The second-order valence-electron chi connectivity index (χ2n) is 8.61. The number of carbonyl (C=O) groups excluding carboxylic acids is 1.